The van der Waals surface area contributed by atoms with Crippen molar-refractivity contribution in [1.29, 1.82) is 0 Å². The third kappa shape index (κ3) is 2.06. The van der Waals surface area contributed by atoms with E-state index in [4.69, 9.17) is 15.2 Å². The van der Waals surface area contributed by atoms with Gasteiger partial charge in [-0.15, -0.1) is 0 Å². The van der Waals surface area contributed by atoms with Gasteiger partial charge in [0.25, 0.3) is 0 Å². The Hall–Kier alpha value is -1.26. The van der Waals surface area contributed by atoms with Gasteiger partial charge in [0.2, 0.25) is 0 Å². The summed E-state index contributed by atoms with van der Waals surface area (Å²) in [7, 11) is 2.14. The van der Waals surface area contributed by atoms with Crippen LogP contribution in [-0.4, -0.2) is 44.3 Å². The molecule has 0 amide bonds. The molecule has 4 heteroatoms. The zero-order valence-corrected chi connectivity index (χ0v) is 10.8. The molecule has 2 aliphatic heterocycles. The Bertz CT molecular complexity index is 436. The van der Waals surface area contributed by atoms with Crippen LogP contribution in [0, 0.1) is 0 Å². The molecular weight excluding hydrogens is 228 g/mol. The van der Waals surface area contributed by atoms with Crippen molar-refractivity contribution in [3.63, 3.8) is 0 Å². The lowest BCUT2D eigenvalue weighted by Crippen LogP contribution is -2.44. The molecule has 0 aliphatic carbocycles. The number of hydrogen-bond donors (Lipinski definition) is 1. The van der Waals surface area contributed by atoms with Crippen LogP contribution in [0.25, 0.3) is 0 Å². The normalized spacial score (nSPS) is 28.1. The summed E-state index contributed by atoms with van der Waals surface area (Å²) in [5.41, 5.74) is 7.48. The molecule has 0 spiro atoms. The third-order valence-corrected chi connectivity index (χ3v) is 3.87. The van der Waals surface area contributed by atoms with E-state index >= 15 is 0 Å². The van der Waals surface area contributed by atoms with Crippen molar-refractivity contribution in [3.8, 4) is 11.5 Å². The fourth-order valence-corrected chi connectivity index (χ4v) is 2.85. The third-order valence-electron chi connectivity index (χ3n) is 3.87. The minimum atomic E-state index is 0.207. The van der Waals surface area contributed by atoms with E-state index in [9.17, 15) is 0 Å². The van der Waals surface area contributed by atoms with Gasteiger partial charge in [0, 0.05) is 24.1 Å². The fraction of sp³-hybridized carbons (Fsp3) is 0.571. The molecule has 0 bridgehead atoms. The molecule has 1 aromatic carbocycles. The molecular formula is C14H20N2O2. The van der Waals surface area contributed by atoms with Crippen LogP contribution in [0.3, 0.4) is 0 Å². The second-order valence-electron chi connectivity index (χ2n) is 5.19. The van der Waals surface area contributed by atoms with Crippen LogP contribution in [0.15, 0.2) is 18.2 Å². The van der Waals surface area contributed by atoms with E-state index in [1.165, 1.54) is 5.56 Å². The molecule has 98 valence electrons. The van der Waals surface area contributed by atoms with Gasteiger partial charge in [-0.05, 0) is 26.1 Å². The first-order valence-corrected chi connectivity index (χ1v) is 6.58. The van der Waals surface area contributed by atoms with Crippen molar-refractivity contribution in [3.05, 3.63) is 23.8 Å². The van der Waals surface area contributed by atoms with E-state index in [0.29, 0.717) is 19.1 Å². The van der Waals surface area contributed by atoms with Crippen LogP contribution in [0.2, 0.25) is 0 Å². The molecule has 3 rings (SSSR count). The van der Waals surface area contributed by atoms with Crippen LogP contribution in [0.4, 0.5) is 0 Å². The predicted molar refractivity (Wildman–Crippen MR) is 70.3 cm³/mol. The predicted octanol–water partition coefficient (Wildman–Crippen LogP) is 1.20. The summed E-state index contributed by atoms with van der Waals surface area (Å²) >= 11 is 0. The van der Waals surface area contributed by atoms with Crippen molar-refractivity contribution in [1.82, 2.24) is 4.90 Å². The highest BCUT2D eigenvalue weighted by Gasteiger charge is 2.30. The van der Waals surface area contributed by atoms with Crippen molar-refractivity contribution in [2.24, 2.45) is 5.73 Å². The lowest BCUT2D eigenvalue weighted by Gasteiger charge is -2.36. The Balaban J connectivity index is 1.95. The zero-order valence-electron chi connectivity index (χ0n) is 10.8. The van der Waals surface area contributed by atoms with Crippen molar-refractivity contribution in [2.75, 3.05) is 33.4 Å². The van der Waals surface area contributed by atoms with E-state index < -0.39 is 0 Å². The number of likely N-dealkylation sites (N-methyl/N-ethyl adjacent to an activating group) is 1. The summed E-state index contributed by atoms with van der Waals surface area (Å²) < 4.78 is 11.4. The van der Waals surface area contributed by atoms with E-state index in [2.05, 4.69) is 18.0 Å². The summed E-state index contributed by atoms with van der Waals surface area (Å²) in [5, 5.41) is 0. The number of benzene rings is 1. The van der Waals surface area contributed by atoms with Crippen molar-refractivity contribution in [2.45, 2.75) is 18.4 Å². The second kappa shape index (κ2) is 4.78. The van der Waals surface area contributed by atoms with Gasteiger partial charge >= 0.3 is 0 Å². The molecule has 2 aliphatic rings. The molecule has 2 heterocycles. The SMILES string of the molecule is CN1CCC(N)C(c2cccc3c2OCCO3)C1. The highest BCUT2D eigenvalue weighted by atomic mass is 16.6. The summed E-state index contributed by atoms with van der Waals surface area (Å²) in [4.78, 5) is 2.33. The molecule has 1 saturated heterocycles. The lowest BCUT2D eigenvalue weighted by molar-refractivity contribution is 0.164. The van der Waals surface area contributed by atoms with Crippen LogP contribution < -0.4 is 15.2 Å². The number of rotatable bonds is 1. The van der Waals surface area contributed by atoms with Crippen LogP contribution in [-0.2, 0) is 0 Å². The van der Waals surface area contributed by atoms with Crippen LogP contribution in [0.1, 0.15) is 17.9 Å². The number of fused-ring (bicyclic) bond motifs is 1. The van der Waals surface area contributed by atoms with Gasteiger partial charge in [0.05, 0.1) is 0 Å². The minimum absolute atomic E-state index is 0.207. The largest absolute Gasteiger partial charge is 0.486 e. The molecule has 4 nitrogen and oxygen atoms in total. The number of nitrogens with zero attached hydrogens (tertiary/aromatic N) is 1. The Morgan fingerprint density at radius 1 is 1.28 bits per heavy atom. The number of piperidine rings is 1. The number of ether oxygens (including phenoxy) is 2. The van der Waals surface area contributed by atoms with Crippen LogP contribution in [0.5, 0.6) is 11.5 Å². The summed E-state index contributed by atoms with van der Waals surface area (Å²) in [5.74, 6) is 2.10. The van der Waals surface area contributed by atoms with E-state index in [0.717, 1.165) is 31.0 Å². The highest BCUT2D eigenvalue weighted by Crippen LogP contribution is 2.40. The first kappa shape index (κ1) is 11.8. The summed E-state index contributed by atoms with van der Waals surface area (Å²) in [6.45, 7) is 3.32. The number of hydrogen-bond acceptors (Lipinski definition) is 4. The van der Waals surface area contributed by atoms with E-state index in [1.807, 2.05) is 12.1 Å². The second-order valence-corrected chi connectivity index (χ2v) is 5.19. The number of para-hydroxylation sites is 1. The maximum absolute atomic E-state index is 6.28. The minimum Gasteiger partial charge on any atom is -0.486 e. The molecule has 2 N–H and O–H groups in total. The summed E-state index contributed by atoms with van der Waals surface area (Å²) in [6, 6.07) is 6.33. The molecule has 2 unspecified atom stereocenters. The monoisotopic (exact) mass is 248 g/mol. The molecule has 18 heavy (non-hydrogen) atoms. The fourth-order valence-electron chi connectivity index (χ4n) is 2.85. The van der Waals surface area contributed by atoms with Gasteiger partial charge in [-0.1, -0.05) is 12.1 Å². The van der Waals surface area contributed by atoms with Crippen molar-refractivity contribution < 1.29 is 9.47 Å². The maximum atomic E-state index is 6.28. The average Bonchev–Trinajstić information content (AvgIpc) is 2.41. The standard InChI is InChI=1S/C14H20N2O2/c1-16-6-5-12(15)11(9-16)10-3-2-4-13-14(10)18-8-7-17-13/h2-4,11-12H,5-9,15H2,1H3. The Labute approximate surface area is 108 Å². The van der Waals surface area contributed by atoms with E-state index in [1.54, 1.807) is 0 Å². The molecule has 2 atom stereocenters. The van der Waals surface area contributed by atoms with E-state index in [-0.39, 0.29) is 6.04 Å². The molecule has 0 aromatic heterocycles. The molecule has 0 saturated carbocycles. The number of likely N-dealkylation sites (tertiary alicyclic amines) is 1. The lowest BCUT2D eigenvalue weighted by atomic mass is 9.86. The first-order chi connectivity index (χ1) is 8.75. The smallest absolute Gasteiger partial charge is 0.164 e. The van der Waals surface area contributed by atoms with Gasteiger partial charge < -0.3 is 20.1 Å². The van der Waals surface area contributed by atoms with Gasteiger partial charge in [0.15, 0.2) is 11.5 Å². The highest BCUT2D eigenvalue weighted by molar-refractivity contribution is 5.49. The van der Waals surface area contributed by atoms with Gasteiger partial charge in [-0.2, -0.15) is 0 Å². The Morgan fingerprint density at radius 3 is 3.00 bits per heavy atom. The average molecular weight is 248 g/mol. The zero-order chi connectivity index (χ0) is 12.5. The van der Waals surface area contributed by atoms with Gasteiger partial charge in [0.1, 0.15) is 13.2 Å². The van der Waals surface area contributed by atoms with Gasteiger partial charge in [-0.25, -0.2) is 0 Å². The summed E-state index contributed by atoms with van der Waals surface area (Å²) in [6.07, 6.45) is 1.03. The Morgan fingerprint density at radius 2 is 2.11 bits per heavy atom. The van der Waals surface area contributed by atoms with Crippen LogP contribution >= 0.6 is 0 Å². The molecule has 0 radical (unpaired) electrons. The van der Waals surface area contributed by atoms with Crippen molar-refractivity contribution >= 4 is 0 Å². The molecule has 1 aromatic rings. The Kier molecular flexibility index (Phi) is 3.14. The topological polar surface area (TPSA) is 47.7 Å². The molecule has 1 fully saturated rings. The quantitative estimate of drug-likeness (QED) is 0.811. The first-order valence-electron chi connectivity index (χ1n) is 6.58. The van der Waals surface area contributed by atoms with Gasteiger partial charge in [-0.3, -0.25) is 0 Å². The number of nitrogens with two attached hydrogens (primary N) is 1. The maximum Gasteiger partial charge on any atom is 0.164 e.